The summed E-state index contributed by atoms with van der Waals surface area (Å²) < 4.78 is 0. The first kappa shape index (κ1) is 11.8. The van der Waals surface area contributed by atoms with Crippen molar-refractivity contribution in [3.63, 3.8) is 0 Å². The van der Waals surface area contributed by atoms with E-state index in [1.54, 1.807) is 0 Å². The molecule has 94 valence electrons. The molecule has 0 radical (unpaired) electrons. The minimum absolute atomic E-state index is 0.183. The minimum atomic E-state index is -0.680. The topological polar surface area (TPSA) is 89.2 Å². The highest BCUT2D eigenvalue weighted by Gasteiger charge is 2.23. The summed E-state index contributed by atoms with van der Waals surface area (Å²) in [6, 6.07) is 0. The first-order valence-electron chi connectivity index (χ1n) is 5.92. The number of hydrogen-bond acceptors (Lipinski definition) is 4. The number of nitrogens with zero attached hydrogens (tertiary/aromatic N) is 1. The number of piperidine rings is 1. The molecule has 6 nitrogen and oxygen atoms in total. The van der Waals surface area contributed by atoms with E-state index in [4.69, 9.17) is 0 Å². The van der Waals surface area contributed by atoms with E-state index in [-0.39, 0.29) is 11.6 Å². The van der Waals surface area contributed by atoms with Crippen molar-refractivity contribution in [1.82, 2.24) is 9.97 Å². The van der Waals surface area contributed by atoms with Gasteiger partial charge >= 0.3 is 5.69 Å². The summed E-state index contributed by atoms with van der Waals surface area (Å²) in [4.78, 5) is 28.9. The molecule has 0 bridgehead atoms. The van der Waals surface area contributed by atoms with Crippen LogP contribution in [0.5, 0.6) is 5.88 Å². The van der Waals surface area contributed by atoms with Gasteiger partial charge in [-0.05, 0) is 18.8 Å². The lowest BCUT2D eigenvalue weighted by Gasteiger charge is -2.33. The molecule has 0 aromatic carbocycles. The van der Waals surface area contributed by atoms with E-state index in [2.05, 4.69) is 16.9 Å². The van der Waals surface area contributed by atoms with Gasteiger partial charge in [0, 0.05) is 13.1 Å². The number of rotatable bonds is 2. The number of hydrogen-bond donors (Lipinski definition) is 3. The Kier molecular flexibility index (Phi) is 3.21. The third-order valence-corrected chi connectivity index (χ3v) is 3.31. The molecule has 6 heteroatoms. The van der Waals surface area contributed by atoms with Gasteiger partial charge in [0.15, 0.2) is 5.69 Å². The molecule has 0 spiro atoms. The first-order valence-corrected chi connectivity index (χ1v) is 5.92. The number of aromatic amines is 2. The summed E-state index contributed by atoms with van der Waals surface area (Å²) in [7, 11) is 0. The van der Waals surface area contributed by atoms with Gasteiger partial charge in [-0.3, -0.25) is 14.8 Å². The van der Waals surface area contributed by atoms with Crippen LogP contribution in [0, 0.1) is 5.92 Å². The van der Waals surface area contributed by atoms with Crippen molar-refractivity contribution in [3.8, 4) is 5.88 Å². The first-order chi connectivity index (χ1) is 8.11. The minimum Gasteiger partial charge on any atom is -0.493 e. The summed E-state index contributed by atoms with van der Waals surface area (Å²) in [6.07, 6.45) is 3.20. The highest BCUT2D eigenvalue weighted by molar-refractivity contribution is 5.52. The Morgan fingerprint density at radius 1 is 1.41 bits per heavy atom. The molecule has 1 saturated heterocycles. The second-order valence-corrected chi connectivity index (χ2v) is 4.47. The van der Waals surface area contributed by atoms with Crippen LogP contribution in [0.3, 0.4) is 0 Å². The Morgan fingerprint density at radius 3 is 2.82 bits per heavy atom. The molecule has 1 fully saturated rings. The van der Waals surface area contributed by atoms with Crippen LogP contribution in [-0.2, 0) is 0 Å². The van der Waals surface area contributed by atoms with Gasteiger partial charge in [0.25, 0.3) is 5.56 Å². The molecule has 0 amide bonds. The fourth-order valence-corrected chi connectivity index (χ4v) is 2.36. The van der Waals surface area contributed by atoms with Crippen LogP contribution in [-0.4, -0.2) is 28.2 Å². The lowest BCUT2D eigenvalue weighted by molar-refractivity contribution is 0.394. The summed E-state index contributed by atoms with van der Waals surface area (Å²) in [6.45, 7) is 3.60. The fourth-order valence-electron chi connectivity index (χ4n) is 2.36. The second-order valence-electron chi connectivity index (χ2n) is 4.47. The van der Waals surface area contributed by atoms with E-state index in [9.17, 15) is 14.7 Å². The molecule has 1 aromatic heterocycles. The number of aromatic nitrogens is 2. The van der Waals surface area contributed by atoms with Crippen LogP contribution in [0.15, 0.2) is 9.59 Å². The third kappa shape index (κ3) is 2.35. The van der Waals surface area contributed by atoms with Crippen molar-refractivity contribution in [3.05, 3.63) is 20.8 Å². The van der Waals surface area contributed by atoms with Crippen LogP contribution in [0.4, 0.5) is 5.69 Å². The van der Waals surface area contributed by atoms with Gasteiger partial charge in [-0.2, -0.15) is 0 Å². The van der Waals surface area contributed by atoms with Crippen molar-refractivity contribution in [2.75, 3.05) is 18.0 Å². The van der Waals surface area contributed by atoms with Crippen molar-refractivity contribution >= 4 is 5.69 Å². The van der Waals surface area contributed by atoms with Gasteiger partial charge in [0.05, 0.1) is 0 Å². The van der Waals surface area contributed by atoms with Gasteiger partial charge in [-0.1, -0.05) is 13.3 Å². The smallest absolute Gasteiger partial charge is 0.328 e. The number of nitrogens with one attached hydrogen (secondary N) is 2. The monoisotopic (exact) mass is 239 g/mol. The Hall–Kier alpha value is -1.72. The summed E-state index contributed by atoms with van der Waals surface area (Å²) in [5, 5.41) is 9.67. The maximum absolute atomic E-state index is 11.7. The third-order valence-electron chi connectivity index (χ3n) is 3.31. The average molecular weight is 239 g/mol. The van der Waals surface area contributed by atoms with Gasteiger partial charge < -0.3 is 10.0 Å². The van der Waals surface area contributed by atoms with E-state index in [0.717, 1.165) is 32.4 Å². The second kappa shape index (κ2) is 4.65. The van der Waals surface area contributed by atoms with E-state index in [1.165, 1.54) is 0 Å². The van der Waals surface area contributed by atoms with Gasteiger partial charge in [0.2, 0.25) is 5.88 Å². The predicted octanol–water partition coefficient (Wildman–Crippen LogP) is 0.395. The normalized spacial score (nSPS) is 20.5. The number of aromatic hydroxyl groups is 1. The van der Waals surface area contributed by atoms with Crippen molar-refractivity contribution in [2.24, 2.45) is 5.92 Å². The predicted molar refractivity (Wildman–Crippen MR) is 64.6 cm³/mol. The summed E-state index contributed by atoms with van der Waals surface area (Å²) in [5.41, 5.74) is -1.02. The molecule has 0 aliphatic carbocycles. The Labute approximate surface area is 98.3 Å². The highest BCUT2D eigenvalue weighted by atomic mass is 16.3. The molecule has 17 heavy (non-hydrogen) atoms. The van der Waals surface area contributed by atoms with Crippen molar-refractivity contribution in [2.45, 2.75) is 26.2 Å². The van der Waals surface area contributed by atoms with Crippen LogP contribution in [0.1, 0.15) is 26.2 Å². The van der Waals surface area contributed by atoms with Crippen LogP contribution in [0.2, 0.25) is 0 Å². The molecule has 2 heterocycles. The largest absolute Gasteiger partial charge is 0.493 e. The SMILES string of the molecule is CCC1CCCN(c2c(O)[nH]c(=O)[nH]c2=O)C1. The molecule has 2 rings (SSSR count). The Bertz CT molecular complexity index is 505. The lowest BCUT2D eigenvalue weighted by Crippen LogP contribution is -2.39. The standard InChI is InChI=1S/C11H17N3O3/c1-2-7-4-3-5-14(6-7)8-9(15)12-11(17)13-10(8)16/h7H,2-6H2,1H3,(H3,12,13,15,16,17). The molecular formula is C11H17N3O3. The van der Waals surface area contributed by atoms with Crippen molar-refractivity contribution < 1.29 is 5.11 Å². The maximum atomic E-state index is 11.7. The molecule has 0 saturated carbocycles. The zero-order chi connectivity index (χ0) is 12.4. The van der Waals surface area contributed by atoms with E-state index in [1.807, 2.05) is 4.90 Å². The zero-order valence-electron chi connectivity index (χ0n) is 9.82. The quantitative estimate of drug-likeness (QED) is 0.696. The highest BCUT2D eigenvalue weighted by Crippen LogP contribution is 2.26. The molecule has 3 N–H and O–H groups in total. The van der Waals surface area contributed by atoms with E-state index in [0.29, 0.717) is 5.92 Å². The molecule has 1 unspecified atom stereocenters. The summed E-state index contributed by atoms with van der Waals surface area (Å²) >= 11 is 0. The molecule has 1 atom stereocenters. The van der Waals surface area contributed by atoms with Crippen LogP contribution >= 0.6 is 0 Å². The van der Waals surface area contributed by atoms with Gasteiger partial charge in [-0.25, -0.2) is 4.79 Å². The van der Waals surface area contributed by atoms with E-state index < -0.39 is 11.2 Å². The summed E-state index contributed by atoms with van der Waals surface area (Å²) in [5.74, 6) is 0.199. The lowest BCUT2D eigenvalue weighted by atomic mass is 9.95. The van der Waals surface area contributed by atoms with Crippen molar-refractivity contribution in [1.29, 1.82) is 0 Å². The maximum Gasteiger partial charge on any atom is 0.328 e. The molecule has 1 aliphatic rings. The van der Waals surface area contributed by atoms with Gasteiger partial charge in [-0.15, -0.1) is 0 Å². The Morgan fingerprint density at radius 2 is 2.18 bits per heavy atom. The molecule has 1 aromatic rings. The van der Waals surface area contributed by atoms with Gasteiger partial charge in [0.1, 0.15) is 0 Å². The van der Waals surface area contributed by atoms with Crippen LogP contribution < -0.4 is 16.1 Å². The molecule has 1 aliphatic heterocycles. The average Bonchev–Trinajstić information content (AvgIpc) is 2.28. The number of anilines is 1. The van der Waals surface area contributed by atoms with E-state index >= 15 is 0 Å². The molecular weight excluding hydrogens is 222 g/mol. The fraction of sp³-hybridized carbons (Fsp3) is 0.636. The Balaban J connectivity index is 2.34. The number of H-pyrrole nitrogens is 2. The zero-order valence-corrected chi connectivity index (χ0v) is 9.82. The van der Waals surface area contributed by atoms with Crippen LogP contribution in [0.25, 0.3) is 0 Å².